The summed E-state index contributed by atoms with van der Waals surface area (Å²) in [6.45, 7) is 8.56. The number of amides is 1. The van der Waals surface area contributed by atoms with E-state index in [0.29, 0.717) is 19.0 Å². The lowest BCUT2D eigenvalue weighted by Crippen LogP contribution is -2.48. The van der Waals surface area contributed by atoms with Gasteiger partial charge >= 0.3 is 0 Å². The monoisotopic (exact) mass is 247 g/mol. The third-order valence-electron chi connectivity index (χ3n) is 2.87. The molecule has 0 aromatic heterocycles. The van der Waals surface area contributed by atoms with E-state index in [1.165, 1.54) is 0 Å². The van der Waals surface area contributed by atoms with Crippen LogP contribution < -0.4 is 11.1 Å². The zero-order valence-corrected chi connectivity index (χ0v) is 10.6. The van der Waals surface area contributed by atoms with E-state index in [9.17, 15) is 4.79 Å². The molecule has 16 heavy (non-hydrogen) atoms. The van der Waals surface area contributed by atoms with Gasteiger partial charge in [-0.1, -0.05) is 13.0 Å². The van der Waals surface area contributed by atoms with Gasteiger partial charge in [0.1, 0.15) is 0 Å². The lowest BCUT2D eigenvalue weighted by molar-refractivity contribution is -0.122. The zero-order chi connectivity index (χ0) is 11.3. The van der Waals surface area contributed by atoms with Crippen molar-refractivity contribution in [1.82, 2.24) is 10.2 Å². The predicted octanol–water partition coefficient (Wildman–Crippen LogP) is 0.379. The summed E-state index contributed by atoms with van der Waals surface area (Å²) in [5.41, 5.74) is 5.91. The number of carbonyl (C=O) groups excluding carboxylic acids is 1. The minimum absolute atomic E-state index is 0. The molecule has 2 atom stereocenters. The lowest BCUT2D eigenvalue weighted by atomic mass is 9.95. The number of rotatable bonds is 4. The molecule has 0 radical (unpaired) electrons. The van der Waals surface area contributed by atoms with E-state index in [1.54, 1.807) is 6.08 Å². The first kappa shape index (κ1) is 15.4. The highest BCUT2D eigenvalue weighted by Crippen LogP contribution is 2.13. The molecular weight excluding hydrogens is 226 g/mol. The summed E-state index contributed by atoms with van der Waals surface area (Å²) in [5, 5.41) is 2.78. The van der Waals surface area contributed by atoms with Crippen LogP contribution in [0.25, 0.3) is 0 Å². The summed E-state index contributed by atoms with van der Waals surface area (Å²) in [7, 11) is 0. The fraction of sp³-hybridized carbons (Fsp3) is 0.727. The lowest BCUT2D eigenvalue weighted by Gasteiger charge is -2.34. The zero-order valence-electron chi connectivity index (χ0n) is 9.82. The smallest absolute Gasteiger partial charge is 0.234 e. The van der Waals surface area contributed by atoms with Gasteiger partial charge in [0.05, 0.1) is 6.54 Å². The first-order valence-corrected chi connectivity index (χ1v) is 5.49. The SMILES string of the molecule is C=CCNC(=O)CN1CCC(N)C(C)C1.Cl. The van der Waals surface area contributed by atoms with Crippen LogP contribution in [0.5, 0.6) is 0 Å². The molecule has 1 rings (SSSR count). The van der Waals surface area contributed by atoms with Crippen LogP contribution in [0.15, 0.2) is 12.7 Å². The minimum Gasteiger partial charge on any atom is -0.352 e. The number of halogens is 1. The van der Waals surface area contributed by atoms with Crippen molar-refractivity contribution in [3.63, 3.8) is 0 Å². The highest BCUT2D eigenvalue weighted by atomic mass is 35.5. The third-order valence-corrected chi connectivity index (χ3v) is 2.87. The molecule has 1 aliphatic rings. The van der Waals surface area contributed by atoms with Crippen molar-refractivity contribution in [2.24, 2.45) is 11.7 Å². The van der Waals surface area contributed by atoms with Gasteiger partial charge in [0.15, 0.2) is 0 Å². The molecule has 3 N–H and O–H groups in total. The number of nitrogens with one attached hydrogen (secondary N) is 1. The Kier molecular flexibility index (Phi) is 7.38. The van der Waals surface area contributed by atoms with Crippen LogP contribution >= 0.6 is 12.4 Å². The molecule has 0 saturated carbocycles. The van der Waals surface area contributed by atoms with Gasteiger partial charge in [0, 0.05) is 25.7 Å². The fourth-order valence-electron chi connectivity index (χ4n) is 1.84. The molecule has 1 heterocycles. The minimum atomic E-state index is 0. The Labute approximate surface area is 104 Å². The van der Waals surface area contributed by atoms with E-state index >= 15 is 0 Å². The van der Waals surface area contributed by atoms with Crippen LogP contribution in [-0.2, 0) is 4.79 Å². The Hall–Kier alpha value is -0.580. The maximum atomic E-state index is 11.4. The number of hydrogen-bond acceptors (Lipinski definition) is 3. The standard InChI is InChI=1S/C11H21N3O.ClH/c1-3-5-13-11(15)8-14-6-4-10(12)9(2)7-14;/h3,9-10H,1,4-8,12H2,2H3,(H,13,15);1H. The van der Waals surface area contributed by atoms with Crippen LogP contribution in [0, 0.1) is 5.92 Å². The van der Waals surface area contributed by atoms with Crippen LogP contribution in [0.1, 0.15) is 13.3 Å². The average Bonchev–Trinajstić information content (AvgIpc) is 2.20. The van der Waals surface area contributed by atoms with Crippen molar-refractivity contribution in [2.75, 3.05) is 26.2 Å². The maximum absolute atomic E-state index is 11.4. The molecule has 2 unspecified atom stereocenters. The van der Waals surface area contributed by atoms with Gasteiger partial charge in [0.25, 0.3) is 0 Å². The Morgan fingerprint density at radius 1 is 1.69 bits per heavy atom. The van der Waals surface area contributed by atoms with Crippen LogP contribution in [0.3, 0.4) is 0 Å². The Balaban J connectivity index is 0.00000225. The Bertz CT molecular complexity index is 235. The predicted molar refractivity (Wildman–Crippen MR) is 68.7 cm³/mol. The van der Waals surface area contributed by atoms with E-state index < -0.39 is 0 Å². The highest BCUT2D eigenvalue weighted by Gasteiger charge is 2.23. The number of nitrogens with zero attached hydrogens (tertiary/aromatic N) is 1. The van der Waals surface area contributed by atoms with E-state index in [4.69, 9.17) is 5.73 Å². The van der Waals surface area contributed by atoms with Crippen LogP contribution in [-0.4, -0.2) is 43.0 Å². The third kappa shape index (κ3) is 4.96. The number of hydrogen-bond donors (Lipinski definition) is 2. The first-order valence-electron chi connectivity index (χ1n) is 5.49. The summed E-state index contributed by atoms with van der Waals surface area (Å²) in [4.78, 5) is 13.6. The van der Waals surface area contributed by atoms with Crippen molar-refractivity contribution in [3.8, 4) is 0 Å². The topological polar surface area (TPSA) is 58.4 Å². The van der Waals surface area contributed by atoms with Crippen molar-refractivity contribution in [2.45, 2.75) is 19.4 Å². The van der Waals surface area contributed by atoms with E-state index in [2.05, 4.69) is 23.7 Å². The normalized spacial score (nSPS) is 25.6. The van der Waals surface area contributed by atoms with Gasteiger partial charge in [-0.2, -0.15) is 0 Å². The van der Waals surface area contributed by atoms with Gasteiger partial charge in [0.2, 0.25) is 5.91 Å². The van der Waals surface area contributed by atoms with E-state index in [1.807, 2.05) is 0 Å². The molecule has 1 saturated heterocycles. The molecule has 5 heteroatoms. The molecule has 94 valence electrons. The van der Waals surface area contributed by atoms with Crippen molar-refractivity contribution in [1.29, 1.82) is 0 Å². The molecule has 0 aliphatic carbocycles. The molecule has 1 aliphatic heterocycles. The van der Waals surface area contributed by atoms with Gasteiger partial charge in [-0.15, -0.1) is 19.0 Å². The molecule has 0 spiro atoms. The molecule has 0 bridgehead atoms. The first-order chi connectivity index (χ1) is 7.13. The summed E-state index contributed by atoms with van der Waals surface area (Å²) in [6.07, 6.45) is 2.67. The van der Waals surface area contributed by atoms with Crippen LogP contribution in [0.4, 0.5) is 0 Å². The second kappa shape index (κ2) is 7.65. The maximum Gasteiger partial charge on any atom is 0.234 e. The quantitative estimate of drug-likeness (QED) is 0.707. The molecule has 0 aromatic carbocycles. The summed E-state index contributed by atoms with van der Waals surface area (Å²) in [5.74, 6) is 0.545. The second-order valence-corrected chi connectivity index (χ2v) is 4.26. The number of likely N-dealkylation sites (tertiary alicyclic amines) is 1. The molecule has 1 amide bonds. The number of carbonyl (C=O) groups is 1. The van der Waals surface area contributed by atoms with Gasteiger partial charge in [-0.3, -0.25) is 9.69 Å². The molecule has 0 aromatic rings. The number of nitrogens with two attached hydrogens (primary N) is 1. The Morgan fingerprint density at radius 3 is 2.94 bits per heavy atom. The number of piperidine rings is 1. The van der Waals surface area contributed by atoms with Crippen molar-refractivity contribution < 1.29 is 4.79 Å². The van der Waals surface area contributed by atoms with Gasteiger partial charge < -0.3 is 11.1 Å². The van der Waals surface area contributed by atoms with E-state index in [-0.39, 0.29) is 24.4 Å². The molecule has 4 nitrogen and oxygen atoms in total. The van der Waals surface area contributed by atoms with Gasteiger partial charge in [-0.05, 0) is 12.3 Å². The van der Waals surface area contributed by atoms with E-state index in [0.717, 1.165) is 19.5 Å². The summed E-state index contributed by atoms with van der Waals surface area (Å²) in [6, 6.07) is 0.289. The largest absolute Gasteiger partial charge is 0.352 e. The molecule has 1 fully saturated rings. The summed E-state index contributed by atoms with van der Waals surface area (Å²) >= 11 is 0. The van der Waals surface area contributed by atoms with Crippen molar-refractivity contribution >= 4 is 18.3 Å². The Morgan fingerprint density at radius 2 is 2.38 bits per heavy atom. The highest BCUT2D eigenvalue weighted by molar-refractivity contribution is 5.85. The molecular formula is C11H22ClN3O. The summed E-state index contributed by atoms with van der Waals surface area (Å²) < 4.78 is 0. The van der Waals surface area contributed by atoms with Crippen molar-refractivity contribution in [3.05, 3.63) is 12.7 Å². The van der Waals surface area contributed by atoms with Gasteiger partial charge in [-0.25, -0.2) is 0 Å². The average molecular weight is 248 g/mol. The second-order valence-electron chi connectivity index (χ2n) is 4.26. The fourth-order valence-corrected chi connectivity index (χ4v) is 1.84. The van der Waals surface area contributed by atoms with Crippen LogP contribution in [0.2, 0.25) is 0 Å².